The molecule has 25 heavy (non-hydrogen) atoms. The van der Waals surface area contributed by atoms with Gasteiger partial charge in [-0.3, -0.25) is 4.79 Å². The van der Waals surface area contributed by atoms with Crippen molar-refractivity contribution in [2.45, 2.75) is 31.7 Å². The van der Waals surface area contributed by atoms with Gasteiger partial charge in [0.15, 0.2) is 0 Å². The zero-order valence-electron chi connectivity index (χ0n) is 15.1. The van der Waals surface area contributed by atoms with Crippen LogP contribution in [0.2, 0.25) is 0 Å². The van der Waals surface area contributed by atoms with E-state index in [-0.39, 0.29) is 11.7 Å². The van der Waals surface area contributed by atoms with Gasteiger partial charge in [-0.05, 0) is 43.7 Å². The molecule has 2 aliphatic rings. The maximum atomic E-state index is 11.2. The number of pyridine rings is 1. The van der Waals surface area contributed by atoms with Gasteiger partial charge in [0, 0.05) is 17.9 Å². The summed E-state index contributed by atoms with van der Waals surface area (Å²) in [5.74, 6) is 1.57. The van der Waals surface area contributed by atoms with Crippen molar-refractivity contribution in [2.75, 3.05) is 25.3 Å². The first kappa shape index (κ1) is 18.2. The molecular weight excluding hydrogens is 332 g/mol. The Morgan fingerprint density at radius 1 is 1.44 bits per heavy atom. The van der Waals surface area contributed by atoms with Gasteiger partial charge < -0.3 is 9.64 Å². The number of carbonyl (C=O) groups excluding carboxylic acids is 1. The predicted octanol–water partition coefficient (Wildman–Crippen LogP) is 4.29. The van der Waals surface area contributed by atoms with Crippen LogP contribution in [0.5, 0.6) is 0 Å². The molecule has 4 nitrogen and oxygen atoms in total. The topological polar surface area (TPSA) is 42.4 Å². The lowest BCUT2D eigenvalue weighted by atomic mass is 10.0. The second kappa shape index (κ2) is 8.19. The number of aromatic nitrogens is 1. The Bertz CT molecular complexity index is 669. The molecule has 134 valence electrons. The largest absolute Gasteiger partial charge is 0.361 e. The van der Waals surface area contributed by atoms with Crippen LogP contribution in [0.1, 0.15) is 26.7 Å². The Balaban J connectivity index is 1.43. The summed E-state index contributed by atoms with van der Waals surface area (Å²) in [7, 11) is 1.99. The molecule has 0 bridgehead atoms. The van der Waals surface area contributed by atoms with Gasteiger partial charge in [0.2, 0.25) is 0 Å². The SMILES string of the molecule is CC(=O)C1CC1COCN(C)c1ccc(SC2=CCC(C)C=C2)nc1. The number of hydrogen-bond donors (Lipinski definition) is 0. The lowest BCUT2D eigenvalue weighted by Crippen LogP contribution is -2.22. The number of allylic oxidation sites excluding steroid dienone is 3. The second-order valence-corrected chi connectivity index (χ2v) is 8.14. The quantitative estimate of drug-likeness (QED) is 0.649. The van der Waals surface area contributed by atoms with E-state index in [9.17, 15) is 4.79 Å². The first-order valence-electron chi connectivity index (χ1n) is 8.84. The molecule has 0 N–H and O–H groups in total. The smallest absolute Gasteiger partial charge is 0.133 e. The Labute approximate surface area is 154 Å². The molecule has 0 amide bonds. The molecule has 3 unspecified atom stereocenters. The Kier molecular flexibility index (Phi) is 5.97. The van der Waals surface area contributed by atoms with Gasteiger partial charge >= 0.3 is 0 Å². The average Bonchev–Trinajstić information content (AvgIpc) is 3.37. The first-order chi connectivity index (χ1) is 12.0. The summed E-state index contributed by atoms with van der Waals surface area (Å²) in [5.41, 5.74) is 1.03. The summed E-state index contributed by atoms with van der Waals surface area (Å²) >= 11 is 1.70. The van der Waals surface area contributed by atoms with Gasteiger partial charge in [0.25, 0.3) is 0 Å². The second-order valence-electron chi connectivity index (χ2n) is 7.05. The molecule has 1 heterocycles. The third-order valence-electron chi connectivity index (χ3n) is 4.73. The van der Waals surface area contributed by atoms with E-state index in [1.807, 2.05) is 18.1 Å². The van der Waals surface area contributed by atoms with Crippen molar-refractivity contribution in [2.24, 2.45) is 17.8 Å². The van der Waals surface area contributed by atoms with E-state index in [4.69, 9.17) is 4.74 Å². The molecule has 1 aromatic rings. The highest BCUT2D eigenvalue weighted by Gasteiger charge is 2.40. The Morgan fingerprint density at radius 2 is 2.28 bits per heavy atom. The molecule has 1 aromatic heterocycles. The van der Waals surface area contributed by atoms with Crippen molar-refractivity contribution in [1.82, 2.24) is 4.98 Å². The van der Waals surface area contributed by atoms with E-state index in [0.717, 1.165) is 23.6 Å². The molecular formula is C20H26N2O2S. The van der Waals surface area contributed by atoms with Crippen molar-refractivity contribution in [3.63, 3.8) is 0 Å². The fourth-order valence-electron chi connectivity index (χ4n) is 2.91. The lowest BCUT2D eigenvalue weighted by molar-refractivity contribution is -0.118. The summed E-state index contributed by atoms with van der Waals surface area (Å²) in [6.45, 7) is 5.07. The van der Waals surface area contributed by atoms with Crippen LogP contribution in [0, 0.1) is 17.8 Å². The molecule has 3 rings (SSSR count). The lowest BCUT2D eigenvalue weighted by Gasteiger charge is -2.19. The van der Waals surface area contributed by atoms with Crippen molar-refractivity contribution in [3.05, 3.63) is 41.5 Å². The number of hydrogen-bond acceptors (Lipinski definition) is 5. The number of nitrogens with zero attached hydrogens (tertiary/aromatic N) is 2. The standard InChI is InChI=1S/C20H26N2O2S/c1-14-4-7-18(8-5-14)25-20-9-6-17(11-21-20)22(3)13-24-12-16-10-19(16)15(2)23/h4,6-9,11,14,16,19H,5,10,12-13H2,1-3H3. The summed E-state index contributed by atoms with van der Waals surface area (Å²) < 4.78 is 5.74. The van der Waals surface area contributed by atoms with Gasteiger partial charge in [-0.1, -0.05) is 36.9 Å². The molecule has 1 fully saturated rings. The number of rotatable bonds is 8. The minimum absolute atomic E-state index is 0.231. The monoisotopic (exact) mass is 358 g/mol. The predicted molar refractivity (Wildman–Crippen MR) is 103 cm³/mol. The summed E-state index contributed by atoms with van der Waals surface area (Å²) in [6.07, 6.45) is 10.7. The number of carbonyl (C=O) groups is 1. The maximum Gasteiger partial charge on any atom is 0.133 e. The van der Waals surface area contributed by atoms with Crippen LogP contribution in [-0.2, 0) is 9.53 Å². The van der Waals surface area contributed by atoms with Crippen molar-refractivity contribution in [1.29, 1.82) is 0 Å². The van der Waals surface area contributed by atoms with Crippen LogP contribution in [0.15, 0.2) is 46.5 Å². The highest BCUT2D eigenvalue weighted by atomic mass is 32.2. The van der Waals surface area contributed by atoms with Gasteiger partial charge in [-0.2, -0.15) is 0 Å². The van der Waals surface area contributed by atoms with Gasteiger partial charge in [0.1, 0.15) is 17.5 Å². The minimum atomic E-state index is 0.231. The fraction of sp³-hybridized carbons (Fsp3) is 0.500. The van der Waals surface area contributed by atoms with E-state index in [1.54, 1.807) is 18.7 Å². The molecule has 0 aliphatic heterocycles. The third kappa shape index (κ3) is 5.19. The number of anilines is 1. The normalized spacial score (nSPS) is 24.8. The molecule has 2 aliphatic carbocycles. The number of Topliss-reactive ketones (excluding diaryl/α,β-unsaturated/α-hetero) is 1. The highest BCUT2D eigenvalue weighted by Crippen LogP contribution is 2.39. The Morgan fingerprint density at radius 3 is 2.88 bits per heavy atom. The minimum Gasteiger partial charge on any atom is -0.361 e. The Hall–Kier alpha value is -1.59. The van der Waals surface area contributed by atoms with E-state index < -0.39 is 0 Å². The molecule has 3 atom stereocenters. The van der Waals surface area contributed by atoms with E-state index >= 15 is 0 Å². The van der Waals surface area contributed by atoms with E-state index in [2.05, 4.69) is 42.3 Å². The first-order valence-corrected chi connectivity index (χ1v) is 9.66. The zero-order chi connectivity index (χ0) is 17.8. The summed E-state index contributed by atoms with van der Waals surface area (Å²) in [6, 6.07) is 4.12. The highest BCUT2D eigenvalue weighted by molar-refractivity contribution is 8.03. The van der Waals surface area contributed by atoms with Crippen molar-refractivity contribution >= 4 is 23.2 Å². The summed E-state index contributed by atoms with van der Waals surface area (Å²) in [5, 5.41) is 1.01. The van der Waals surface area contributed by atoms with Crippen LogP contribution in [0.25, 0.3) is 0 Å². The van der Waals surface area contributed by atoms with Crippen LogP contribution >= 0.6 is 11.8 Å². The third-order valence-corrected chi connectivity index (χ3v) is 5.71. The molecule has 0 radical (unpaired) electrons. The number of ketones is 1. The fourth-order valence-corrected chi connectivity index (χ4v) is 3.72. The maximum absolute atomic E-state index is 11.2. The van der Waals surface area contributed by atoms with Crippen molar-refractivity contribution in [3.8, 4) is 0 Å². The molecule has 0 saturated heterocycles. The number of thioether (sulfide) groups is 1. The van der Waals surface area contributed by atoms with Crippen LogP contribution < -0.4 is 4.90 Å². The summed E-state index contributed by atoms with van der Waals surface area (Å²) in [4.78, 5) is 19.1. The van der Waals surface area contributed by atoms with Crippen LogP contribution in [-0.4, -0.2) is 31.2 Å². The average molecular weight is 359 g/mol. The molecule has 1 saturated carbocycles. The molecule has 0 spiro atoms. The van der Waals surface area contributed by atoms with E-state index in [0.29, 0.717) is 25.2 Å². The molecule has 5 heteroatoms. The molecule has 0 aromatic carbocycles. The van der Waals surface area contributed by atoms with E-state index in [1.165, 1.54) is 4.91 Å². The van der Waals surface area contributed by atoms with Gasteiger partial charge in [-0.25, -0.2) is 4.98 Å². The van der Waals surface area contributed by atoms with Crippen LogP contribution in [0.4, 0.5) is 5.69 Å². The zero-order valence-corrected chi connectivity index (χ0v) is 16.0. The number of ether oxygens (including phenoxy) is 1. The van der Waals surface area contributed by atoms with Crippen LogP contribution in [0.3, 0.4) is 0 Å². The van der Waals surface area contributed by atoms with Gasteiger partial charge in [0.05, 0.1) is 18.5 Å². The van der Waals surface area contributed by atoms with Gasteiger partial charge in [-0.15, -0.1) is 0 Å². The van der Waals surface area contributed by atoms with Crippen molar-refractivity contribution < 1.29 is 9.53 Å².